The van der Waals surface area contributed by atoms with Crippen LogP contribution in [0.1, 0.15) is 13.3 Å². The maximum atomic E-state index is 12.6. The molecule has 0 heterocycles. The third kappa shape index (κ3) is 4.15. The summed E-state index contributed by atoms with van der Waals surface area (Å²) in [6.07, 6.45) is 2.07. The van der Waals surface area contributed by atoms with Crippen LogP contribution >= 0.6 is 11.8 Å². The Balaban J connectivity index is 1.78. The molecule has 0 bridgehead atoms. The lowest BCUT2D eigenvalue weighted by Crippen LogP contribution is -2.32. The average Bonchev–Trinajstić information content (AvgIpc) is 2.66. The fourth-order valence-electron chi connectivity index (χ4n) is 2.70. The zero-order valence-electron chi connectivity index (χ0n) is 14.4. The van der Waals surface area contributed by atoms with Gasteiger partial charge in [0, 0.05) is 16.0 Å². The summed E-state index contributed by atoms with van der Waals surface area (Å²) in [5, 5.41) is 5.07. The summed E-state index contributed by atoms with van der Waals surface area (Å²) < 4.78 is 6.05. The number of benzene rings is 3. The SMILES string of the molecule is CC[C@H](Oc1cccc2ccccc12)C(=O)Nc1cccc(SC)c1. The van der Waals surface area contributed by atoms with Gasteiger partial charge in [-0.1, -0.05) is 49.4 Å². The first-order chi connectivity index (χ1) is 12.2. The molecule has 3 rings (SSSR count). The summed E-state index contributed by atoms with van der Waals surface area (Å²) in [5.74, 6) is 0.603. The highest BCUT2D eigenvalue weighted by molar-refractivity contribution is 7.98. The van der Waals surface area contributed by atoms with Crippen LogP contribution in [0.2, 0.25) is 0 Å². The molecule has 3 aromatic rings. The van der Waals surface area contributed by atoms with Crippen molar-refractivity contribution in [2.75, 3.05) is 11.6 Å². The van der Waals surface area contributed by atoms with Crippen molar-refractivity contribution in [3.05, 3.63) is 66.7 Å². The Hall–Kier alpha value is -2.46. The van der Waals surface area contributed by atoms with Crippen molar-refractivity contribution in [1.82, 2.24) is 0 Å². The number of nitrogens with one attached hydrogen (secondary N) is 1. The standard InChI is InChI=1S/C21H21NO2S/c1-3-19(21(23)22-16-10-7-11-17(14-16)25-2)24-20-13-6-9-15-8-4-5-12-18(15)20/h4-14,19H,3H2,1-2H3,(H,22,23)/t19-/m0/s1. The second-order valence-electron chi connectivity index (χ2n) is 5.71. The van der Waals surface area contributed by atoms with Gasteiger partial charge < -0.3 is 10.1 Å². The number of carbonyl (C=O) groups is 1. The number of anilines is 1. The van der Waals surface area contributed by atoms with E-state index < -0.39 is 6.10 Å². The minimum Gasteiger partial charge on any atom is -0.480 e. The zero-order chi connectivity index (χ0) is 17.6. The van der Waals surface area contributed by atoms with Crippen LogP contribution in [-0.4, -0.2) is 18.3 Å². The van der Waals surface area contributed by atoms with Gasteiger partial charge in [0.25, 0.3) is 5.91 Å². The number of hydrogen-bond donors (Lipinski definition) is 1. The molecule has 0 aromatic heterocycles. The van der Waals surface area contributed by atoms with Crippen molar-refractivity contribution in [2.45, 2.75) is 24.3 Å². The molecular formula is C21H21NO2S. The molecule has 0 aliphatic rings. The smallest absolute Gasteiger partial charge is 0.265 e. The molecule has 1 amide bonds. The number of carbonyl (C=O) groups excluding carboxylic acids is 1. The zero-order valence-corrected chi connectivity index (χ0v) is 15.2. The molecular weight excluding hydrogens is 330 g/mol. The lowest BCUT2D eigenvalue weighted by atomic mass is 10.1. The highest BCUT2D eigenvalue weighted by Crippen LogP contribution is 2.27. The molecule has 1 atom stereocenters. The Morgan fingerprint density at radius 3 is 2.64 bits per heavy atom. The molecule has 128 valence electrons. The maximum Gasteiger partial charge on any atom is 0.265 e. The molecule has 0 saturated heterocycles. The number of thioether (sulfide) groups is 1. The van der Waals surface area contributed by atoms with Gasteiger partial charge in [-0.05, 0) is 42.3 Å². The average molecular weight is 351 g/mol. The number of fused-ring (bicyclic) bond motifs is 1. The van der Waals surface area contributed by atoms with E-state index in [0.717, 1.165) is 27.1 Å². The van der Waals surface area contributed by atoms with Crippen LogP contribution in [0.5, 0.6) is 5.75 Å². The van der Waals surface area contributed by atoms with Gasteiger partial charge in [-0.2, -0.15) is 0 Å². The summed E-state index contributed by atoms with van der Waals surface area (Å²) in [5.41, 5.74) is 0.789. The largest absolute Gasteiger partial charge is 0.480 e. The molecule has 0 spiro atoms. The van der Waals surface area contributed by atoms with Gasteiger partial charge in [0.2, 0.25) is 0 Å². The Kier molecular flexibility index (Phi) is 5.61. The Morgan fingerprint density at radius 1 is 1.08 bits per heavy atom. The number of hydrogen-bond acceptors (Lipinski definition) is 3. The summed E-state index contributed by atoms with van der Waals surface area (Å²) in [7, 11) is 0. The predicted molar refractivity (Wildman–Crippen MR) is 106 cm³/mol. The van der Waals surface area contributed by atoms with Crippen molar-refractivity contribution < 1.29 is 9.53 Å². The molecule has 0 aliphatic heterocycles. The van der Waals surface area contributed by atoms with Gasteiger partial charge in [-0.15, -0.1) is 11.8 Å². The monoisotopic (exact) mass is 351 g/mol. The molecule has 3 nitrogen and oxygen atoms in total. The molecule has 0 unspecified atom stereocenters. The van der Waals surface area contributed by atoms with E-state index in [9.17, 15) is 4.79 Å². The van der Waals surface area contributed by atoms with E-state index in [0.29, 0.717) is 6.42 Å². The molecule has 0 radical (unpaired) electrons. The van der Waals surface area contributed by atoms with E-state index in [1.54, 1.807) is 11.8 Å². The summed E-state index contributed by atoms with van der Waals surface area (Å²) in [6.45, 7) is 1.95. The molecule has 1 N–H and O–H groups in total. The van der Waals surface area contributed by atoms with E-state index in [-0.39, 0.29) is 5.91 Å². The van der Waals surface area contributed by atoms with Crippen LogP contribution < -0.4 is 10.1 Å². The molecule has 0 aliphatic carbocycles. The third-order valence-corrected chi connectivity index (χ3v) is 4.74. The summed E-state index contributed by atoms with van der Waals surface area (Å²) >= 11 is 1.65. The normalized spacial score (nSPS) is 11.9. The van der Waals surface area contributed by atoms with Crippen LogP contribution in [0, 0.1) is 0 Å². The predicted octanol–water partition coefficient (Wildman–Crippen LogP) is 5.36. The fraction of sp³-hybridized carbons (Fsp3) is 0.190. The minimum absolute atomic E-state index is 0.131. The summed E-state index contributed by atoms with van der Waals surface area (Å²) in [6, 6.07) is 21.7. The van der Waals surface area contributed by atoms with E-state index in [1.165, 1.54) is 0 Å². The maximum absolute atomic E-state index is 12.6. The molecule has 0 fully saturated rings. The summed E-state index contributed by atoms with van der Waals surface area (Å²) in [4.78, 5) is 13.8. The minimum atomic E-state index is -0.538. The Bertz CT molecular complexity index is 873. The van der Waals surface area contributed by atoms with Gasteiger partial charge >= 0.3 is 0 Å². The number of ether oxygens (including phenoxy) is 1. The molecule has 3 aromatic carbocycles. The lowest BCUT2D eigenvalue weighted by molar-refractivity contribution is -0.122. The van der Waals surface area contributed by atoms with E-state index >= 15 is 0 Å². The van der Waals surface area contributed by atoms with Crippen molar-refractivity contribution in [3.63, 3.8) is 0 Å². The van der Waals surface area contributed by atoms with Crippen molar-refractivity contribution in [1.29, 1.82) is 0 Å². The lowest BCUT2D eigenvalue weighted by Gasteiger charge is -2.18. The van der Waals surface area contributed by atoms with Crippen molar-refractivity contribution in [2.24, 2.45) is 0 Å². The van der Waals surface area contributed by atoms with Gasteiger partial charge in [0.15, 0.2) is 6.10 Å². The fourth-order valence-corrected chi connectivity index (χ4v) is 3.16. The van der Waals surface area contributed by atoms with Gasteiger partial charge in [0.1, 0.15) is 5.75 Å². The van der Waals surface area contributed by atoms with Gasteiger partial charge in [-0.25, -0.2) is 0 Å². The van der Waals surface area contributed by atoms with Crippen LogP contribution in [0.3, 0.4) is 0 Å². The second-order valence-corrected chi connectivity index (χ2v) is 6.59. The van der Waals surface area contributed by atoms with E-state index in [4.69, 9.17) is 4.74 Å². The first-order valence-electron chi connectivity index (χ1n) is 8.30. The van der Waals surface area contributed by atoms with Gasteiger partial charge in [0.05, 0.1) is 0 Å². The van der Waals surface area contributed by atoms with Crippen LogP contribution in [0.25, 0.3) is 10.8 Å². The number of rotatable bonds is 6. The van der Waals surface area contributed by atoms with Crippen LogP contribution in [0.4, 0.5) is 5.69 Å². The Morgan fingerprint density at radius 2 is 1.84 bits per heavy atom. The first kappa shape index (κ1) is 17.4. The van der Waals surface area contributed by atoms with E-state index in [1.807, 2.05) is 79.9 Å². The molecule has 4 heteroatoms. The third-order valence-electron chi connectivity index (χ3n) is 4.02. The molecule has 0 saturated carbocycles. The number of amides is 1. The van der Waals surface area contributed by atoms with Crippen molar-refractivity contribution >= 4 is 34.1 Å². The highest BCUT2D eigenvalue weighted by Gasteiger charge is 2.19. The highest BCUT2D eigenvalue weighted by atomic mass is 32.2. The topological polar surface area (TPSA) is 38.3 Å². The van der Waals surface area contributed by atoms with Crippen LogP contribution in [0.15, 0.2) is 71.6 Å². The first-order valence-corrected chi connectivity index (χ1v) is 9.53. The van der Waals surface area contributed by atoms with Gasteiger partial charge in [-0.3, -0.25) is 4.79 Å². The Labute approximate surface area is 152 Å². The molecule has 25 heavy (non-hydrogen) atoms. The second kappa shape index (κ2) is 8.08. The van der Waals surface area contributed by atoms with Crippen LogP contribution in [-0.2, 0) is 4.79 Å². The quantitative estimate of drug-likeness (QED) is 0.608. The van der Waals surface area contributed by atoms with Crippen molar-refractivity contribution in [3.8, 4) is 5.75 Å². The van der Waals surface area contributed by atoms with E-state index in [2.05, 4.69) is 5.32 Å².